The highest BCUT2D eigenvalue weighted by molar-refractivity contribution is 6.02. The Morgan fingerprint density at radius 2 is 1.97 bits per heavy atom. The number of alkyl halides is 5. The van der Waals surface area contributed by atoms with E-state index in [1.165, 1.54) is 6.07 Å². The van der Waals surface area contributed by atoms with Crippen molar-refractivity contribution in [2.45, 2.75) is 37.4 Å². The Labute approximate surface area is 173 Å². The van der Waals surface area contributed by atoms with Gasteiger partial charge < -0.3 is 10.6 Å². The van der Waals surface area contributed by atoms with Crippen LogP contribution in [0.15, 0.2) is 36.7 Å². The van der Waals surface area contributed by atoms with E-state index in [0.717, 1.165) is 11.1 Å². The average molecular weight is 439 g/mol. The van der Waals surface area contributed by atoms with E-state index in [1.807, 2.05) is 0 Å². The minimum atomic E-state index is -4.41. The smallest absolute Gasteiger partial charge is 0.366 e. The Morgan fingerprint density at radius 1 is 1.19 bits per heavy atom. The van der Waals surface area contributed by atoms with E-state index in [2.05, 4.69) is 25.8 Å². The van der Waals surface area contributed by atoms with Crippen LogP contribution < -0.4 is 10.6 Å². The predicted molar refractivity (Wildman–Crippen MR) is 104 cm³/mol. The maximum Gasteiger partial charge on any atom is 0.390 e. The number of aromatic nitrogens is 3. The van der Waals surface area contributed by atoms with Gasteiger partial charge in [-0.05, 0) is 23.8 Å². The number of pyridine rings is 1. The minimum absolute atomic E-state index is 0.00534. The molecule has 0 saturated heterocycles. The summed E-state index contributed by atoms with van der Waals surface area (Å²) in [6.45, 7) is -0.601. The summed E-state index contributed by atoms with van der Waals surface area (Å²) in [5.41, 5.74) is 2.10. The quantitative estimate of drug-likeness (QED) is 0.494. The van der Waals surface area contributed by atoms with Gasteiger partial charge in [0.2, 0.25) is 0 Å². The van der Waals surface area contributed by atoms with Gasteiger partial charge in [0.25, 0.3) is 11.8 Å². The first-order valence-corrected chi connectivity index (χ1v) is 9.53. The minimum Gasteiger partial charge on any atom is -0.366 e. The van der Waals surface area contributed by atoms with E-state index in [1.54, 1.807) is 30.6 Å². The van der Waals surface area contributed by atoms with Crippen molar-refractivity contribution in [3.8, 4) is 11.1 Å². The summed E-state index contributed by atoms with van der Waals surface area (Å²) in [7, 11) is 0. The number of rotatable bonds is 6. The standard InChI is InChI=1S/C20H18F5N5O/c21-19(22)7-14(8-19)29-17-15(18(31)26-4-3-20(23,24)25)6-12-5-11(1-2-16(12)30-17)13-9-27-28-10-13/h1-2,5-6,9-10,14H,3-4,7-8H2,(H,26,31)(H,27,28)(H,29,30). The number of carbonyl (C=O) groups excluding carboxylic acids is 1. The van der Waals surface area contributed by atoms with Crippen molar-refractivity contribution in [3.05, 3.63) is 42.2 Å². The molecule has 31 heavy (non-hydrogen) atoms. The molecular formula is C20H18F5N5O. The molecule has 1 saturated carbocycles. The molecule has 4 rings (SSSR count). The fourth-order valence-electron chi connectivity index (χ4n) is 3.42. The highest BCUT2D eigenvalue weighted by Crippen LogP contribution is 2.39. The molecule has 1 fully saturated rings. The molecule has 0 radical (unpaired) electrons. The molecule has 6 nitrogen and oxygen atoms in total. The number of fused-ring (bicyclic) bond motifs is 1. The zero-order valence-electron chi connectivity index (χ0n) is 16.1. The van der Waals surface area contributed by atoms with Crippen molar-refractivity contribution in [2.75, 3.05) is 11.9 Å². The number of amides is 1. The summed E-state index contributed by atoms with van der Waals surface area (Å²) in [4.78, 5) is 17.0. The molecule has 1 aliphatic carbocycles. The van der Waals surface area contributed by atoms with E-state index in [4.69, 9.17) is 0 Å². The van der Waals surface area contributed by atoms with Crippen LogP contribution in [0.25, 0.3) is 22.0 Å². The van der Waals surface area contributed by atoms with Crippen LogP contribution in [-0.2, 0) is 0 Å². The number of hydrogen-bond donors (Lipinski definition) is 3. The van der Waals surface area contributed by atoms with Crippen LogP contribution in [-0.4, -0.2) is 45.8 Å². The summed E-state index contributed by atoms with van der Waals surface area (Å²) < 4.78 is 63.7. The Balaban J connectivity index is 1.64. The van der Waals surface area contributed by atoms with E-state index in [9.17, 15) is 26.7 Å². The third-order valence-corrected chi connectivity index (χ3v) is 5.02. The third-order valence-electron chi connectivity index (χ3n) is 5.02. The summed E-state index contributed by atoms with van der Waals surface area (Å²) in [5, 5.41) is 12.2. The summed E-state index contributed by atoms with van der Waals surface area (Å²) >= 11 is 0. The summed E-state index contributed by atoms with van der Waals surface area (Å²) in [6, 6.07) is 6.19. The van der Waals surface area contributed by atoms with Gasteiger partial charge in [-0.3, -0.25) is 9.89 Å². The lowest BCUT2D eigenvalue weighted by atomic mass is 9.88. The summed E-state index contributed by atoms with van der Waals surface area (Å²) in [5.74, 6) is -3.47. The molecule has 0 unspecified atom stereocenters. The highest BCUT2D eigenvalue weighted by atomic mass is 19.4. The van der Waals surface area contributed by atoms with Crippen LogP contribution in [0, 0.1) is 0 Å². The van der Waals surface area contributed by atoms with Crippen LogP contribution in [0.4, 0.5) is 27.8 Å². The van der Waals surface area contributed by atoms with Crippen LogP contribution in [0.5, 0.6) is 0 Å². The molecule has 0 aliphatic heterocycles. The molecule has 164 valence electrons. The zero-order valence-corrected chi connectivity index (χ0v) is 16.1. The maximum absolute atomic E-state index is 13.2. The topological polar surface area (TPSA) is 82.7 Å². The lowest BCUT2D eigenvalue weighted by Crippen LogP contribution is -2.44. The van der Waals surface area contributed by atoms with Gasteiger partial charge in [0, 0.05) is 42.6 Å². The second-order valence-corrected chi connectivity index (χ2v) is 7.51. The van der Waals surface area contributed by atoms with Gasteiger partial charge in [-0.1, -0.05) is 6.07 Å². The molecule has 2 heterocycles. The van der Waals surface area contributed by atoms with Gasteiger partial charge in [0.05, 0.1) is 23.7 Å². The maximum atomic E-state index is 13.2. The van der Waals surface area contributed by atoms with Crippen molar-refractivity contribution in [1.29, 1.82) is 0 Å². The fourth-order valence-corrected chi connectivity index (χ4v) is 3.42. The summed E-state index contributed by atoms with van der Waals surface area (Å²) in [6.07, 6.45) is -3.09. The molecule has 1 amide bonds. The molecule has 3 N–H and O–H groups in total. The van der Waals surface area contributed by atoms with Crippen molar-refractivity contribution in [1.82, 2.24) is 20.5 Å². The predicted octanol–water partition coefficient (Wildman–Crippen LogP) is 4.52. The van der Waals surface area contributed by atoms with E-state index in [-0.39, 0.29) is 11.4 Å². The average Bonchev–Trinajstić information content (AvgIpc) is 3.19. The van der Waals surface area contributed by atoms with Gasteiger partial charge in [-0.2, -0.15) is 18.3 Å². The van der Waals surface area contributed by atoms with Crippen LogP contribution >= 0.6 is 0 Å². The Kier molecular flexibility index (Phi) is 5.28. The lowest BCUT2D eigenvalue weighted by molar-refractivity contribution is -0.133. The number of H-pyrrole nitrogens is 1. The number of nitrogens with one attached hydrogen (secondary N) is 3. The first kappa shape index (κ1) is 21.0. The number of carbonyl (C=O) groups is 1. The number of anilines is 1. The van der Waals surface area contributed by atoms with Gasteiger partial charge in [-0.15, -0.1) is 0 Å². The first-order chi connectivity index (χ1) is 14.6. The second-order valence-electron chi connectivity index (χ2n) is 7.51. The largest absolute Gasteiger partial charge is 0.390 e. The number of nitrogens with zero attached hydrogens (tertiary/aromatic N) is 2. The monoisotopic (exact) mass is 439 g/mol. The highest BCUT2D eigenvalue weighted by Gasteiger charge is 2.45. The third kappa shape index (κ3) is 4.92. The van der Waals surface area contributed by atoms with Crippen LogP contribution in [0.2, 0.25) is 0 Å². The number of hydrogen-bond acceptors (Lipinski definition) is 4. The molecule has 1 aliphatic rings. The van der Waals surface area contributed by atoms with E-state index < -0.39 is 49.9 Å². The Bertz CT molecular complexity index is 1090. The fraction of sp³-hybridized carbons (Fsp3) is 0.350. The van der Waals surface area contributed by atoms with Crippen molar-refractivity contribution in [3.63, 3.8) is 0 Å². The molecular weight excluding hydrogens is 421 g/mol. The number of halogens is 5. The zero-order chi connectivity index (χ0) is 22.2. The lowest BCUT2D eigenvalue weighted by Gasteiger charge is -2.36. The second kappa shape index (κ2) is 7.78. The van der Waals surface area contributed by atoms with Gasteiger partial charge in [0.15, 0.2) is 0 Å². The van der Waals surface area contributed by atoms with Gasteiger partial charge >= 0.3 is 6.18 Å². The molecule has 2 aromatic heterocycles. The van der Waals surface area contributed by atoms with Crippen LogP contribution in [0.3, 0.4) is 0 Å². The normalized spacial score (nSPS) is 16.2. The molecule has 0 spiro atoms. The molecule has 11 heteroatoms. The van der Waals surface area contributed by atoms with E-state index >= 15 is 0 Å². The molecule has 0 atom stereocenters. The number of benzene rings is 1. The van der Waals surface area contributed by atoms with Crippen molar-refractivity contribution >= 4 is 22.6 Å². The first-order valence-electron chi connectivity index (χ1n) is 9.53. The molecule has 1 aromatic carbocycles. The van der Waals surface area contributed by atoms with E-state index in [0.29, 0.717) is 10.9 Å². The molecule has 0 bridgehead atoms. The number of aromatic amines is 1. The Morgan fingerprint density at radius 3 is 2.61 bits per heavy atom. The van der Waals surface area contributed by atoms with Crippen molar-refractivity contribution < 1.29 is 26.7 Å². The Hall–Kier alpha value is -3.24. The van der Waals surface area contributed by atoms with Gasteiger partial charge in [-0.25, -0.2) is 13.8 Å². The molecule has 3 aromatic rings. The van der Waals surface area contributed by atoms with Gasteiger partial charge in [0.1, 0.15) is 5.82 Å². The van der Waals surface area contributed by atoms with Crippen LogP contribution in [0.1, 0.15) is 29.6 Å². The van der Waals surface area contributed by atoms with Crippen molar-refractivity contribution in [2.24, 2.45) is 0 Å². The SMILES string of the molecule is O=C(NCCC(F)(F)F)c1cc2cc(-c3cn[nH]c3)ccc2nc1NC1CC(F)(F)C1.